The van der Waals surface area contributed by atoms with E-state index in [-0.39, 0.29) is 41.6 Å². The fourth-order valence-electron chi connectivity index (χ4n) is 2.65. The predicted octanol–water partition coefficient (Wildman–Crippen LogP) is 4.47. The second-order valence-corrected chi connectivity index (χ2v) is 5.83. The van der Waals surface area contributed by atoms with Gasteiger partial charge in [0.1, 0.15) is 12.0 Å². The number of phenols is 1. The monoisotopic (exact) mass is 389 g/mol. The van der Waals surface area contributed by atoms with Crippen LogP contribution >= 0.6 is 0 Å². The molecule has 0 radical (unpaired) electrons. The molecular formula is C20H17F2NO5. The highest BCUT2D eigenvalue weighted by atomic mass is 19.3. The molecular weight excluding hydrogens is 372 g/mol. The van der Waals surface area contributed by atoms with Crippen molar-refractivity contribution in [1.29, 1.82) is 0 Å². The lowest BCUT2D eigenvalue weighted by Crippen LogP contribution is -2.08. The molecule has 0 saturated heterocycles. The van der Waals surface area contributed by atoms with Crippen molar-refractivity contribution in [2.45, 2.75) is 19.5 Å². The van der Waals surface area contributed by atoms with Gasteiger partial charge in [-0.3, -0.25) is 4.79 Å². The summed E-state index contributed by atoms with van der Waals surface area (Å²) in [7, 11) is 1.44. The first-order valence-electron chi connectivity index (χ1n) is 8.36. The molecule has 0 fully saturated rings. The van der Waals surface area contributed by atoms with Crippen LogP contribution in [0.4, 0.5) is 8.78 Å². The number of alkyl halides is 2. The number of aromatic hydroxyl groups is 1. The summed E-state index contributed by atoms with van der Waals surface area (Å²) in [5.74, 6) is 0.0538. The van der Waals surface area contributed by atoms with Crippen LogP contribution in [-0.4, -0.2) is 29.6 Å². The molecule has 8 heteroatoms. The van der Waals surface area contributed by atoms with E-state index in [1.165, 1.54) is 37.6 Å². The number of oxazole rings is 1. The van der Waals surface area contributed by atoms with E-state index in [9.17, 15) is 18.7 Å². The first-order valence-corrected chi connectivity index (χ1v) is 8.36. The van der Waals surface area contributed by atoms with Crippen LogP contribution in [0, 0.1) is 0 Å². The summed E-state index contributed by atoms with van der Waals surface area (Å²) in [6.07, 6.45) is 1.71. The first-order chi connectivity index (χ1) is 13.5. The van der Waals surface area contributed by atoms with Crippen molar-refractivity contribution in [1.82, 2.24) is 4.98 Å². The number of hydrogen-bond donors (Lipinski definition) is 1. The molecule has 1 heterocycles. The van der Waals surface area contributed by atoms with Gasteiger partial charge in [0.25, 0.3) is 0 Å². The summed E-state index contributed by atoms with van der Waals surface area (Å²) < 4.78 is 39.7. The van der Waals surface area contributed by atoms with Gasteiger partial charge in [0.2, 0.25) is 5.89 Å². The summed E-state index contributed by atoms with van der Waals surface area (Å²) in [5, 5.41) is 9.85. The van der Waals surface area contributed by atoms with Crippen LogP contribution in [0.25, 0.3) is 11.5 Å². The van der Waals surface area contributed by atoms with Crippen LogP contribution < -0.4 is 9.47 Å². The first kappa shape index (κ1) is 19.3. The summed E-state index contributed by atoms with van der Waals surface area (Å²) in [6.45, 7) is -3.01. The molecule has 6 nitrogen and oxygen atoms in total. The van der Waals surface area contributed by atoms with Crippen LogP contribution in [0.15, 0.2) is 53.1 Å². The van der Waals surface area contributed by atoms with E-state index in [4.69, 9.17) is 9.15 Å². The van der Waals surface area contributed by atoms with Crippen LogP contribution in [0.1, 0.15) is 22.5 Å². The van der Waals surface area contributed by atoms with Crippen LogP contribution in [0.2, 0.25) is 0 Å². The zero-order valence-electron chi connectivity index (χ0n) is 14.9. The standard InChI is InChI=1S/C20H17F2NO5/c1-26-18-9-6-12(10-16(18)25)19-23-13(11-27-19)7-8-15(24)14-4-2-3-5-17(14)28-20(21)22/h2-6,9-11,20,25H,7-8H2,1H3. The number of benzene rings is 2. The summed E-state index contributed by atoms with van der Waals surface area (Å²) >= 11 is 0. The molecule has 146 valence electrons. The fourth-order valence-corrected chi connectivity index (χ4v) is 2.65. The number of halogens is 2. The lowest BCUT2D eigenvalue weighted by molar-refractivity contribution is -0.0501. The maximum Gasteiger partial charge on any atom is 0.387 e. The lowest BCUT2D eigenvalue weighted by Gasteiger charge is -2.09. The maximum absolute atomic E-state index is 12.5. The molecule has 0 spiro atoms. The topological polar surface area (TPSA) is 81.8 Å². The van der Waals surface area contributed by atoms with E-state index in [1.54, 1.807) is 18.2 Å². The number of ketones is 1. The lowest BCUT2D eigenvalue weighted by atomic mass is 10.0. The van der Waals surface area contributed by atoms with Gasteiger partial charge in [-0.2, -0.15) is 8.78 Å². The number of aromatic nitrogens is 1. The molecule has 2 aromatic carbocycles. The summed E-state index contributed by atoms with van der Waals surface area (Å²) in [5.41, 5.74) is 1.16. The number of carbonyl (C=O) groups is 1. The molecule has 0 aliphatic rings. The molecule has 3 rings (SSSR count). The average Bonchev–Trinajstić information content (AvgIpc) is 3.15. The van der Waals surface area contributed by atoms with Gasteiger partial charge >= 0.3 is 6.61 Å². The van der Waals surface area contributed by atoms with E-state index in [0.717, 1.165) is 0 Å². The molecule has 0 atom stereocenters. The van der Waals surface area contributed by atoms with E-state index in [2.05, 4.69) is 9.72 Å². The van der Waals surface area contributed by atoms with Gasteiger partial charge in [0.05, 0.1) is 18.4 Å². The Morgan fingerprint density at radius 2 is 2.00 bits per heavy atom. The van der Waals surface area contributed by atoms with Gasteiger partial charge in [0, 0.05) is 18.4 Å². The van der Waals surface area contributed by atoms with Crippen molar-refractivity contribution in [2.24, 2.45) is 0 Å². The molecule has 0 aliphatic carbocycles. The van der Waals surface area contributed by atoms with Crippen LogP contribution in [0.3, 0.4) is 0 Å². The van der Waals surface area contributed by atoms with Gasteiger partial charge in [-0.1, -0.05) is 12.1 Å². The minimum absolute atomic E-state index is 0.0451. The highest BCUT2D eigenvalue weighted by Crippen LogP contribution is 2.31. The fraction of sp³-hybridized carbons (Fsp3) is 0.200. The Bertz CT molecular complexity index is 971. The van der Waals surface area contributed by atoms with Gasteiger partial charge in [-0.05, 0) is 30.3 Å². The third-order valence-corrected chi connectivity index (χ3v) is 3.99. The molecule has 28 heavy (non-hydrogen) atoms. The number of rotatable bonds is 8. The highest BCUT2D eigenvalue weighted by molar-refractivity contribution is 5.98. The number of nitrogens with zero attached hydrogens (tertiary/aromatic N) is 1. The van der Waals surface area contributed by atoms with Gasteiger partial charge in [0.15, 0.2) is 17.3 Å². The third kappa shape index (κ3) is 4.46. The number of hydrogen-bond acceptors (Lipinski definition) is 6. The van der Waals surface area contributed by atoms with Crippen molar-refractivity contribution in [3.05, 3.63) is 60.0 Å². The van der Waals surface area contributed by atoms with Crippen molar-refractivity contribution in [2.75, 3.05) is 7.11 Å². The molecule has 0 unspecified atom stereocenters. The average molecular weight is 389 g/mol. The van der Waals surface area contributed by atoms with E-state index >= 15 is 0 Å². The normalized spacial score (nSPS) is 10.9. The Morgan fingerprint density at radius 3 is 2.71 bits per heavy atom. The molecule has 0 aliphatic heterocycles. The minimum atomic E-state index is -3.01. The molecule has 3 aromatic rings. The summed E-state index contributed by atoms with van der Waals surface area (Å²) in [6, 6.07) is 10.6. The van der Waals surface area contributed by atoms with Crippen molar-refractivity contribution < 1.29 is 32.6 Å². The van der Waals surface area contributed by atoms with Crippen molar-refractivity contribution in [3.8, 4) is 28.7 Å². The Labute approximate surface area is 159 Å². The van der Waals surface area contributed by atoms with Crippen LogP contribution in [-0.2, 0) is 6.42 Å². The predicted molar refractivity (Wildman–Crippen MR) is 95.9 cm³/mol. The van der Waals surface area contributed by atoms with Gasteiger partial charge in [-0.15, -0.1) is 0 Å². The summed E-state index contributed by atoms with van der Waals surface area (Å²) in [4.78, 5) is 16.7. The number of carbonyl (C=O) groups excluding carboxylic acids is 1. The second kappa shape index (κ2) is 8.51. The maximum atomic E-state index is 12.5. The van der Waals surface area contributed by atoms with Gasteiger partial charge in [-0.25, -0.2) is 4.98 Å². The second-order valence-electron chi connectivity index (χ2n) is 5.83. The Morgan fingerprint density at radius 1 is 1.21 bits per heavy atom. The Kier molecular flexibility index (Phi) is 5.88. The number of phenolic OH excluding ortho intramolecular Hbond substituents is 1. The van der Waals surface area contributed by atoms with E-state index in [1.807, 2.05) is 0 Å². The highest BCUT2D eigenvalue weighted by Gasteiger charge is 2.16. The molecule has 1 N–H and O–H groups in total. The Hall–Kier alpha value is -3.42. The quantitative estimate of drug-likeness (QED) is 0.573. The third-order valence-electron chi connectivity index (χ3n) is 3.99. The zero-order chi connectivity index (χ0) is 20.1. The number of para-hydroxylation sites is 1. The van der Waals surface area contributed by atoms with Crippen molar-refractivity contribution in [3.63, 3.8) is 0 Å². The SMILES string of the molecule is COc1ccc(-c2nc(CCC(=O)c3ccccc3OC(F)F)co2)cc1O. The molecule has 1 aromatic heterocycles. The molecule has 0 amide bonds. The van der Waals surface area contributed by atoms with Crippen LogP contribution in [0.5, 0.6) is 17.2 Å². The minimum Gasteiger partial charge on any atom is -0.504 e. The smallest absolute Gasteiger partial charge is 0.387 e. The van der Waals surface area contributed by atoms with E-state index in [0.29, 0.717) is 17.0 Å². The van der Waals surface area contributed by atoms with Gasteiger partial charge < -0.3 is 19.0 Å². The molecule has 0 saturated carbocycles. The van der Waals surface area contributed by atoms with Crippen molar-refractivity contribution >= 4 is 5.78 Å². The number of ether oxygens (including phenoxy) is 2. The number of methoxy groups -OCH3 is 1. The van der Waals surface area contributed by atoms with E-state index < -0.39 is 6.61 Å². The number of aryl methyl sites for hydroxylation is 1. The largest absolute Gasteiger partial charge is 0.504 e. The zero-order valence-corrected chi connectivity index (χ0v) is 14.9. The number of Topliss-reactive ketones (excluding diaryl/α,β-unsaturated/α-hetero) is 1. The molecule has 0 bridgehead atoms. The Balaban J connectivity index is 1.68.